The Kier molecular flexibility index (Phi) is 3.58. The van der Waals surface area contributed by atoms with Crippen LogP contribution in [0.1, 0.15) is 11.1 Å². The summed E-state index contributed by atoms with van der Waals surface area (Å²) in [6.45, 7) is 3.87. The second-order valence-corrected chi connectivity index (χ2v) is 7.03. The summed E-state index contributed by atoms with van der Waals surface area (Å²) in [7, 11) is -3.71. The smallest absolute Gasteiger partial charge is 0.227 e. The van der Waals surface area contributed by atoms with Crippen molar-refractivity contribution >= 4 is 9.84 Å². The normalized spacial score (nSPS) is 11.5. The lowest BCUT2D eigenvalue weighted by Crippen LogP contribution is -2.04. The van der Waals surface area contributed by atoms with Crippen molar-refractivity contribution in [1.29, 1.82) is 0 Å². The molecule has 0 aliphatic heterocycles. The lowest BCUT2D eigenvalue weighted by atomic mass is 10.1. The molecule has 0 aliphatic rings. The van der Waals surface area contributed by atoms with Crippen LogP contribution in [0.5, 0.6) is 0 Å². The summed E-state index contributed by atoms with van der Waals surface area (Å²) in [5.41, 5.74) is 2.78. The first-order chi connectivity index (χ1) is 10.5. The molecule has 0 N–H and O–H groups in total. The van der Waals surface area contributed by atoms with Crippen molar-refractivity contribution in [2.75, 3.05) is 0 Å². The largest absolute Gasteiger partial charge is 0.442 e. The molecule has 0 unspecified atom stereocenters. The van der Waals surface area contributed by atoms with Crippen LogP contribution in [0.3, 0.4) is 0 Å². The minimum Gasteiger partial charge on any atom is -0.442 e. The van der Waals surface area contributed by atoms with Crippen molar-refractivity contribution in [2.45, 2.75) is 23.8 Å². The standard InChI is InChI=1S/C17H15NO3S/c1-12-3-7-14(8-4-12)16-17(18-11-21-16)22(19,20)15-9-5-13(2)6-10-15/h3-11H,1-2H3. The fourth-order valence-electron chi connectivity index (χ4n) is 2.15. The average Bonchev–Trinajstić information content (AvgIpc) is 2.99. The van der Waals surface area contributed by atoms with E-state index in [2.05, 4.69) is 4.98 Å². The Morgan fingerprint density at radius 2 is 1.41 bits per heavy atom. The van der Waals surface area contributed by atoms with Gasteiger partial charge in [0.05, 0.1) is 4.90 Å². The van der Waals surface area contributed by atoms with E-state index in [0.717, 1.165) is 17.5 Å². The third-order valence-corrected chi connectivity index (χ3v) is 5.13. The maximum Gasteiger partial charge on any atom is 0.227 e. The van der Waals surface area contributed by atoms with Crippen LogP contribution in [0.4, 0.5) is 0 Å². The van der Waals surface area contributed by atoms with Gasteiger partial charge in [-0.1, -0.05) is 47.5 Å². The molecule has 2 aromatic carbocycles. The third-order valence-electron chi connectivity index (χ3n) is 3.43. The van der Waals surface area contributed by atoms with E-state index < -0.39 is 9.84 Å². The number of rotatable bonds is 3. The highest BCUT2D eigenvalue weighted by atomic mass is 32.2. The molecule has 5 heteroatoms. The molecule has 0 saturated heterocycles. The van der Waals surface area contributed by atoms with Gasteiger partial charge in [-0.2, -0.15) is 0 Å². The molecule has 3 aromatic rings. The molecule has 0 aliphatic carbocycles. The minimum absolute atomic E-state index is 0.0554. The lowest BCUT2D eigenvalue weighted by molar-refractivity contribution is 0.567. The summed E-state index contributed by atoms with van der Waals surface area (Å²) in [4.78, 5) is 4.14. The van der Waals surface area contributed by atoms with Crippen molar-refractivity contribution in [3.05, 3.63) is 66.1 Å². The van der Waals surface area contributed by atoms with Crippen molar-refractivity contribution in [3.63, 3.8) is 0 Å². The van der Waals surface area contributed by atoms with E-state index in [1.165, 1.54) is 0 Å². The molecule has 112 valence electrons. The van der Waals surface area contributed by atoms with Crippen LogP contribution in [0.25, 0.3) is 11.3 Å². The Balaban J connectivity index is 2.11. The summed E-state index contributed by atoms with van der Waals surface area (Å²) in [6.07, 6.45) is 1.16. The molecule has 0 atom stereocenters. The molecule has 0 fully saturated rings. The van der Waals surface area contributed by atoms with E-state index in [9.17, 15) is 8.42 Å². The maximum atomic E-state index is 12.7. The number of hydrogen-bond acceptors (Lipinski definition) is 4. The number of benzene rings is 2. The SMILES string of the molecule is Cc1ccc(-c2ocnc2S(=O)(=O)c2ccc(C)cc2)cc1. The van der Waals surface area contributed by atoms with Crippen molar-refractivity contribution in [2.24, 2.45) is 0 Å². The second-order valence-electron chi connectivity index (χ2n) is 5.17. The van der Waals surface area contributed by atoms with E-state index >= 15 is 0 Å². The van der Waals surface area contributed by atoms with E-state index in [1.807, 2.05) is 38.1 Å². The average molecular weight is 313 g/mol. The summed E-state index contributed by atoms with van der Waals surface area (Å²) in [6, 6.07) is 14.1. The first-order valence-electron chi connectivity index (χ1n) is 6.81. The number of sulfone groups is 1. The Hall–Kier alpha value is -2.40. The highest BCUT2D eigenvalue weighted by Gasteiger charge is 2.26. The number of aromatic nitrogens is 1. The van der Waals surface area contributed by atoms with Crippen LogP contribution in [-0.2, 0) is 9.84 Å². The highest BCUT2D eigenvalue weighted by molar-refractivity contribution is 7.91. The number of nitrogens with zero attached hydrogens (tertiary/aromatic N) is 1. The molecular formula is C17H15NO3S. The first-order valence-corrected chi connectivity index (χ1v) is 8.29. The van der Waals surface area contributed by atoms with Gasteiger partial charge in [0, 0.05) is 5.56 Å². The molecule has 0 amide bonds. The van der Waals surface area contributed by atoms with Crippen molar-refractivity contribution in [1.82, 2.24) is 4.98 Å². The van der Waals surface area contributed by atoms with E-state index in [1.54, 1.807) is 24.3 Å². The van der Waals surface area contributed by atoms with Crippen LogP contribution in [0.15, 0.2) is 69.3 Å². The fourth-order valence-corrected chi connectivity index (χ4v) is 3.46. The van der Waals surface area contributed by atoms with Gasteiger partial charge in [-0.15, -0.1) is 0 Å². The molecule has 0 spiro atoms. The molecule has 22 heavy (non-hydrogen) atoms. The van der Waals surface area contributed by atoms with Crippen LogP contribution < -0.4 is 0 Å². The van der Waals surface area contributed by atoms with Crippen molar-refractivity contribution < 1.29 is 12.8 Å². The van der Waals surface area contributed by atoms with E-state index in [0.29, 0.717) is 5.56 Å². The molecule has 4 nitrogen and oxygen atoms in total. The zero-order valence-corrected chi connectivity index (χ0v) is 13.1. The Bertz CT molecular complexity index is 892. The zero-order valence-electron chi connectivity index (χ0n) is 12.3. The Morgan fingerprint density at radius 3 is 2.00 bits per heavy atom. The Morgan fingerprint density at radius 1 is 0.864 bits per heavy atom. The molecule has 1 heterocycles. The van der Waals surface area contributed by atoms with Crippen LogP contribution in [-0.4, -0.2) is 13.4 Å². The molecule has 3 rings (SSSR count). The number of hydrogen-bond donors (Lipinski definition) is 0. The minimum atomic E-state index is -3.71. The zero-order chi connectivity index (χ0) is 15.7. The van der Waals surface area contributed by atoms with Crippen LogP contribution in [0, 0.1) is 13.8 Å². The van der Waals surface area contributed by atoms with Crippen molar-refractivity contribution in [3.8, 4) is 11.3 Å². The summed E-state index contributed by atoms with van der Waals surface area (Å²) in [5.74, 6) is 0.264. The van der Waals surface area contributed by atoms with Gasteiger partial charge in [-0.25, -0.2) is 13.4 Å². The van der Waals surface area contributed by atoms with Crippen LogP contribution in [0.2, 0.25) is 0 Å². The molecular weight excluding hydrogens is 298 g/mol. The van der Waals surface area contributed by atoms with Gasteiger partial charge in [0.15, 0.2) is 12.2 Å². The van der Waals surface area contributed by atoms with Gasteiger partial charge < -0.3 is 4.42 Å². The summed E-state index contributed by atoms with van der Waals surface area (Å²) in [5, 5.41) is -0.0554. The van der Waals surface area contributed by atoms with Gasteiger partial charge in [0.25, 0.3) is 0 Å². The summed E-state index contributed by atoms with van der Waals surface area (Å²) < 4.78 is 30.8. The van der Waals surface area contributed by atoms with Gasteiger partial charge >= 0.3 is 0 Å². The Labute approximate surface area is 129 Å². The molecule has 0 saturated carbocycles. The molecule has 0 radical (unpaired) electrons. The lowest BCUT2D eigenvalue weighted by Gasteiger charge is -2.05. The summed E-state index contributed by atoms with van der Waals surface area (Å²) >= 11 is 0. The number of oxazole rings is 1. The predicted octanol–water partition coefficient (Wildman–Crippen LogP) is 3.79. The monoisotopic (exact) mass is 313 g/mol. The maximum absolute atomic E-state index is 12.7. The molecule has 1 aromatic heterocycles. The predicted molar refractivity (Wildman–Crippen MR) is 83.3 cm³/mol. The fraction of sp³-hybridized carbons (Fsp3) is 0.118. The third kappa shape index (κ3) is 2.55. The van der Waals surface area contributed by atoms with Crippen LogP contribution >= 0.6 is 0 Å². The quantitative estimate of drug-likeness (QED) is 0.738. The van der Waals surface area contributed by atoms with E-state index in [-0.39, 0.29) is 15.7 Å². The highest BCUT2D eigenvalue weighted by Crippen LogP contribution is 2.30. The van der Waals surface area contributed by atoms with Gasteiger partial charge in [0.1, 0.15) is 0 Å². The second kappa shape index (κ2) is 5.42. The van der Waals surface area contributed by atoms with Gasteiger partial charge in [-0.05, 0) is 26.0 Å². The topological polar surface area (TPSA) is 60.2 Å². The van der Waals surface area contributed by atoms with Gasteiger partial charge in [-0.3, -0.25) is 0 Å². The van der Waals surface area contributed by atoms with Gasteiger partial charge in [0.2, 0.25) is 14.9 Å². The van der Waals surface area contributed by atoms with E-state index in [4.69, 9.17) is 4.42 Å². The molecule has 0 bridgehead atoms. The first kappa shape index (κ1) is 14.5. The number of aryl methyl sites for hydroxylation is 2.